The molecule has 0 fully saturated rings. The highest BCUT2D eigenvalue weighted by Crippen LogP contribution is 2.33. The van der Waals surface area contributed by atoms with Crippen LogP contribution in [0.15, 0.2) is 48.2 Å². The normalized spacial score (nSPS) is 12.2. The van der Waals surface area contributed by atoms with Crippen molar-refractivity contribution in [2.75, 3.05) is 13.4 Å². The van der Waals surface area contributed by atoms with Crippen molar-refractivity contribution in [2.45, 2.75) is 6.92 Å². The molecule has 154 valence electrons. The summed E-state index contributed by atoms with van der Waals surface area (Å²) in [4.78, 5) is 46.1. The Morgan fingerprint density at radius 1 is 1.13 bits per heavy atom. The number of nitrogens with zero attached hydrogens (tertiary/aromatic N) is 1. The van der Waals surface area contributed by atoms with E-state index in [1.54, 1.807) is 18.2 Å². The number of nitro groups is 1. The average molecular weight is 412 g/mol. The predicted molar refractivity (Wildman–Crippen MR) is 103 cm³/mol. The minimum atomic E-state index is -0.918. The van der Waals surface area contributed by atoms with Gasteiger partial charge in [0.25, 0.3) is 5.69 Å². The van der Waals surface area contributed by atoms with Crippen molar-refractivity contribution in [1.82, 2.24) is 5.32 Å². The summed E-state index contributed by atoms with van der Waals surface area (Å²) in [5.41, 5.74) is 0.358. The number of amides is 1. The summed E-state index contributed by atoms with van der Waals surface area (Å²) >= 11 is 0. The van der Waals surface area contributed by atoms with Crippen molar-refractivity contribution in [3.05, 3.63) is 69.4 Å². The van der Waals surface area contributed by atoms with Crippen LogP contribution in [-0.4, -0.2) is 36.0 Å². The minimum Gasteiger partial charge on any atom is -0.454 e. The van der Waals surface area contributed by atoms with Gasteiger partial charge in [-0.25, -0.2) is 4.79 Å². The Hall–Kier alpha value is -4.21. The first kappa shape index (κ1) is 20.5. The van der Waals surface area contributed by atoms with Crippen LogP contribution in [0.4, 0.5) is 5.69 Å². The highest BCUT2D eigenvalue weighted by Gasteiger charge is 2.18. The first-order chi connectivity index (χ1) is 14.3. The van der Waals surface area contributed by atoms with Gasteiger partial charge in [0.2, 0.25) is 12.7 Å². The van der Waals surface area contributed by atoms with Crippen molar-refractivity contribution in [1.29, 1.82) is 0 Å². The molecule has 10 nitrogen and oxygen atoms in total. The molecule has 0 saturated carbocycles. The van der Waals surface area contributed by atoms with E-state index < -0.39 is 29.2 Å². The number of esters is 1. The molecule has 0 spiro atoms. The maximum atomic E-state index is 12.4. The van der Waals surface area contributed by atoms with Gasteiger partial charge < -0.3 is 19.5 Å². The zero-order valence-electron chi connectivity index (χ0n) is 15.7. The molecule has 0 saturated heterocycles. The summed E-state index contributed by atoms with van der Waals surface area (Å²) in [6.07, 6.45) is 1.38. The minimum absolute atomic E-state index is 0.0911. The molecule has 10 heteroatoms. The zero-order valence-corrected chi connectivity index (χ0v) is 15.7. The zero-order chi connectivity index (χ0) is 21.7. The second kappa shape index (κ2) is 8.86. The fourth-order valence-corrected chi connectivity index (χ4v) is 2.57. The van der Waals surface area contributed by atoms with Crippen molar-refractivity contribution in [3.63, 3.8) is 0 Å². The van der Waals surface area contributed by atoms with E-state index in [0.717, 1.165) is 0 Å². The number of hydrogen-bond donors (Lipinski definition) is 1. The number of Topliss-reactive ketones (excluding diaryl/α,β-unsaturated/α-hetero) is 1. The smallest absolute Gasteiger partial charge is 0.355 e. The number of benzene rings is 2. The monoisotopic (exact) mass is 412 g/mol. The molecule has 1 aliphatic heterocycles. The van der Waals surface area contributed by atoms with Crippen LogP contribution in [0.5, 0.6) is 11.5 Å². The van der Waals surface area contributed by atoms with E-state index in [1.165, 1.54) is 37.3 Å². The van der Waals surface area contributed by atoms with E-state index in [2.05, 4.69) is 5.32 Å². The lowest BCUT2D eigenvalue weighted by Gasteiger charge is -2.09. The maximum Gasteiger partial charge on any atom is 0.355 e. The molecule has 30 heavy (non-hydrogen) atoms. The number of ketones is 1. The Labute approximate surface area is 170 Å². The molecule has 0 radical (unpaired) electrons. The van der Waals surface area contributed by atoms with Crippen molar-refractivity contribution in [2.24, 2.45) is 0 Å². The van der Waals surface area contributed by atoms with Crippen LogP contribution < -0.4 is 14.8 Å². The van der Waals surface area contributed by atoms with E-state index in [4.69, 9.17) is 14.2 Å². The molecule has 3 rings (SSSR count). The van der Waals surface area contributed by atoms with Gasteiger partial charge in [0.05, 0.1) is 4.92 Å². The highest BCUT2D eigenvalue weighted by molar-refractivity contribution is 6.01. The second-order valence-electron chi connectivity index (χ2n) is 6.16. The van der Waals surface area contributed by atoms with Gasteiger partial charge in [-0.1, -0.05) is 6.07 Å². The summed E-state index contributed by atoms with van der Waals surface area (Å²) < 4.78 is 15.5. The maximum absolute atomic E-state index is 12.4. The van der Waals surface area contributed by atoms with E-state index >= 15 is 0 Å². The number of carbonyl (C=O) groups excluding carboxylic acids is 3. The summed E-state index contributed by atoms with van der Waals surface area (Å²) in [5.74, 6) is -0.917. The molecule has 0 aliphatic carbocycles. The summed E-state index contributed by atoms with van der Waals surface area (Å²) in [5, 5.41) is 13.0. The third-order valence-corrected chi connectivity index (χ3v) is 3.97. The molecular weight excluding hydrogens is 396 g/mol. The summed E-state index contributed by atoms with van der Waals surface area (Å²) in [6.45, 7) is 0.714. The van der Waals surface area contributed by atoms with Gasteiger partial charge in [-0.05, 0) is 35.9 Å². The van der Waals surface area contributed by atoms with Crippen molar-refractivity contribution in [3.8, 4) is 11.5 Å². The summed E-state index contributed by atoms with van der Waals surface area (Å²) in [6, 6.07) is 9.83. The van der Waals surface area contributed by atoms with Crippen LogP contribution in [0.1, 0.15) is 22.8 Å². The summed E-state index contributed by atoms with van der Waals surface area (Å²) in [7, 11) is 0. The Bertz CT molecular complexity index is 1040. The number of nitro benzene ring substituents is 1. The molecule has 1 heterocycles. The number of carbonyl (C=O) groups is 3. The second-order valence-corrected chi connectivity index (χ2v) is 6.16. The van der Waals surface area contributed by atoms with Crippen LogP contribution in [-0.2, 0) is 14.3 Å². The van der Waals surface area contributed by atoms with Gasteiger partial charge in [0.1, 0.15) is 5.70 Å². The number of nitrogens with one attached hydrogen (secondary N) is 1. The first-order valence-corrected chi connectivity index (χ1v) is 8.67. The topological polar surface area (TPSA) is 134 Å². The number of hydrogen-bond acceptors (Lipinski definition) is 8. The van der Waals surface area contributed by atoms with Crippen LogP contribution in [0.2, 0.25) is 0 Å². The molecule has 2 aromatic rings. The SMILES string of the molecule is CC(=O)N/C(=C/c1ccc2c(c1)OCO2)C(=O)OCC(=O)c1ccc([N+](=O)[O-])cc1. The molecule has 1 amide bonds. The Balaban J connectivity index is 1.70. The largest absolute Gasteiger partial charge is 0.454 e. The Morgan fingerprint density at radius 3 is 2.50 bits per heavy atom. The third kappa shape index (κ3) is 4.98. The lowest BCUT2D eigenvalue weighted by Crippen LogP contribution is -2.27. The standard InChI is InChI=1S/C20H16N2O8/c1-12(23)21-16(8-13-2-7-18-19(9-13)30-11-29-18)20(25)28-10-17(24)14-3-5-15(6-4-14)22(26)27/h2-9H,10-11H2,1H3,(H,21,23)/b16-8+. The number of fused-ring (bicyclic) bond motifs is 1. The van der Waals surface area contributed by atoms with Gasteiger partial charge in [-0.3, -0.25) is 19.7 Å². The highest BCUT2D eigenvalue weighted by atomic mass is 16.7. The lowest BCUT2D eigenvalue weighted by molar-refractivity contribution is -0.384. The predicted octanol–water partition coefficient (Wildman–Crippen LogP) is 2.23. The first-order valence-electron chi connectivity index (χ1n) is 8.67. The van der Waals surface area contributed by atoms with Crippen LogP contribution >= 0.6 is 0 Å². The number of non-ortho nitro benzene ring substituents is 1. The fourth-order valence-electron chi connectivity index (χ4n) is 2.57. The molecule has 0 aromatic heterocycles. The average Bonchev–Trinajstić information content (AvgIpc) is 3.19. The van der Waals surface area contributed by atoms with Gasteiger partial charge >= 0.3 is 5.97 Å². The molecule has 0 unspecified atom stereocenters. The molecular formula is C20H16N2O8. The molecule has 0 atom stereocenters. The van der Waals surface area contributed by atoms with Crippen LogP contribution in [0.25, 0.3) is 6.08 Å². The van der Waals surface area contributed by atoms with E-state index in [0.29, 0.717) is 17.1 Å². The van der Waals surface area contributed by atoms with Crippen molar-refractivity contribution >= 4 is 29.4 Å². The Morgan fingerprint density at radius 2 is 1.83 bits per heavy atom. The molecule has 0 bridgehead atoms. The van der Waals surface area contributed by atoms with E-state index in [1.807, 2.05) is 0 Å². The number of rotatable bonds is 7. The van der Waals surface area contributed by atoms with E-state index in [-0.39, 0.29) is 23.7 Å². The van der Waals surface area contributed by atoms with Gasteiger partial charge in [-0.15, -0.1) is 0 Å². The molecule has 1 N–H and O–H groups in total. The van der Waals surface area contributed by atoms with E-state index in [9.17, 15) is 24.5 Å². The lowest BCUT2D eigenvalue weighted by atomic mass is 10.1. The van der Waals surface area contributed by atoms with Gasteiger partial charge in [-0.2, -0.15) is 0 Å². The van der Waals surface area contributed by atoms with Crippen LogP contribution in [0.3, 0.4) is 0 Å². The van der Waals surface area contributed by atoms with Crippen LogP contribution in [0, 0.1) is 10.1 Å². The molecule has 1 aliphatic rings. The van der Waals surface area contributed by atoms with Crippen molar-refractivity contribution < 1.29 is 33.5 Å². The third-order valence-electron chi connectivity index (χ3n) is 3.97. The Kier molecular flexibility index (Phi) is 6.06. The fraction of sp³-hybridized carbons (Fsp3) is 0.150. The van der Waals surface area contributed by atoms with Gasteiger partial charge in [0, 0.05) is 24.6 Å². The number of ether oxygens (including phenoxy) is 3. The van der Waals surface area contributed by atoms with Gasteiger partial charge in [0.15, 0.2) is 23.9 Å². The molecule has 2 aromatic carbocycles. The quantitative estimate of drug-likeness (QED) is 0.241.